The number of rotatable bonds is 4. The summed E-state index contributed by atoms with van der Waals surface area (Å²) in [6.07, 6.45) is 0.813. The Hall–Kier alpha value is -2.17. The predicted molar refractivity (Wildman–Crippen MR) is 74.6 cm³/mol. The highest BCUT2D eigenvalue weighted by Crippen LogP contribution is 2.25. The molecular formula is C14H18N4O. The summed E-state index contributed by atoms with van der Waals surface area (Å²) in [5, 5.41) is 9.88. The van der Waals surface area contributed by atoms with Gasteiger partial charge in [0, 0.05) is 11.5 Å². The first kappa shape index (κ1) is 13.3. The molecule has 0 aliphatic rings. The number of H-pyrrole nitrogens is 1. The second-order valence-corrected chi connectivity index (χ2v) is 4.59. The summed E-state index contributed by atoms with van der Waals surface area (Å²) in [4.78, 5) is 16.3. The molecule has 5 heteroatoms. The van der Waals surface area contributed by atoms with E-state index >= 15 is 0 Å². The molecule has 0 saturated carbocycles. The molecule has 2 rings (SSSR count). The lowest BCUT2D eigenvalue weighted by atomic mass is 10.1. The smallest absolute Gasteiger partial charge is 0.227 e. The van der Waals surface area contributed by atoms with Gasteiger partial charge >= 0.3 is 0 Å². The number of nitrogens with one attached hydrogen (secondary N) is 2. The molecule has 2 N–H and O–H groups in total. The van der Waals surface area contributed by atoms with Gasteiger partial charge in [0.15, 0.2) is 5.82 Å². The summed E-state index contributed by atoms with van der Waals surface area (Å²) in [5.74, 6) is 1.35. The Morgan fingerprint density at radius 2 is 2.16 bits per heavy atom. The first-order valence-corrected chi connectivity index (χ1v) is 6.41. The number of aromatic amines is 1. The lowest BCUT2D eigenvalue weighted by molar-refractivity contribution is -0.119. The average Bonchev–Trinajstić information content (AvgIpc) is 2.85. The van der Waals surface area contributed by atoms with Gasteiger partial charge in [-0.05, 0) is 25.5 Å². The topological polar surface area (TPSA) is 70.7 Å². The Morgan fingerprint density at radius 1 is 1.42 bits per heavy atom. The molecule has 1 atom stereocenters. The molecule has 100 valence electrons. The van der Waals surface area contributed by atoms with Crippen molar-refractivity contribution in [1.29, 1.82) is 0 Å². The van der Waals surface area contributed by atoms with Crippen LogP contribution >= 0.6 is 0 Å². The molecule has 0 fully saturated rings. The van der Waals surface area contributed by atoms with Gasteiger partial charge < -0.3 is 5.32 Å². The minimum Gasteiger partial charge on any atom is -0.325 e. The molecule has 1 aromatic carbocycles. The van der Waals surface area contributed by atoms with Crippen LogP contribution in [0.4, 0.5) is 5.69 Å². The van der Waals surface area contributed by atoms with Crippen molar-refractivity contribution in [2.45, 2.75) is 27.2 Å². The highest BCUT2D eigenvalue weighted by atomic mass is 16.1. The van der Waals surface area contributed by atoms with Gasteiger partial charge in [-0.2, -0.15) is 5.10 Å². The highest BCUT2D eigenvalue weighted by Gasteiger charge is 2.14. The van der Waals surface area contributed by atoms with Gasteiger partial charge in [0.05, 0.1) is 5.69 Å². The van der Waals surface area contributed by atoms with E-state index in [9.17, 15) is 4.79 Å². The molecule has 0 aliphatic carbocycles. The summed E-state index contributed by atoms with van der Waals surface area (Å²) in [7, 11) is 0. The number of aromatic nitrogens is 3. The number of nitrogens with zero attached hydrogens (tertiary/aromatic N) is 2. The van der Waals surface area contributed by atoms with Crippen molar-refractivity contribution in [2.75, 3.05) is 5.32 Å². The Labute approximate surface area is 112 Å². The van der Waals surface area contributed by atoms with Crippen LogP contribution in [0.1, 0.15) is 26.1 Å². The van der Waals surface area contributed by atoms with Gasteiger partial charge in [0.25, 0.3) is 0 Å². The van der Waals surface area contributed by atoms with Crippen molar-refractivity contribution in [3.05, 3.63) is 30.1 Å². The predicted octanol–water partition coefficient (Wildman–Crippen LogP) is 2.76. The zero-order valence-corrected chi connectivity index (χ0v) is 11.4. The van der Waals surface area contributed by atoms with E-state index in [1.807, 2.05) is 45.0 Å². The normalized spacial score (nSPS) is 12.2. The van der Waals surface area contributed by atoms with Crippen LogP contribution in [0.5, 0.6) is 0 Å². The van der Waals surface area contributed by atoms with Crippen LogP contribution in [0.3, 0.4) is 0 Å². The van der Waals surface area contributed by atoms with Crippen LogP contribution in [-0.2, 0) is 4.79 Å². The Kier molecular flexibility index (Phi) is 3.94. The van der Waals surface area contributed by atoms with E-state index in [4.69, 9.17) is 0 Å². The van der Waals surface area contributed by atoms with Crippen LogP contribution < -0.4 is 5.32 Å². The second kappa shape index (κ2) is 5.65. The van der Waals surface area contributed by atoms with E-state index in [2.05, 4.69) is 20.5 Å². The fraction of sp³-hybridized carbons (Fsp3) is 0.357. The maximum Gasteiger partial charge on any atom is 0.227 e. The molecule has 1 heterocycles. The van der Waals surface area contributed by atoms with Crippen LogP contribution in [-0.4, -0.2) is 21.1 Å². The quantitative estimate of drug-likeness (QED) is 0.885. The summed E-state index contributed by atoms with van der Waals surface area (Å²) < 4.78 is 0. The van der Waals surface area contributed by atoms with Crippen LogP contribution in [0.15, 0.2) is 24.3 Å². The van der Waals surface area contributed by atoms with Crippen molar-refractivity contribution in [1.82, 2.24) is 15.2 Å². The molecule has 0 bridgehead atoms. The molecular weight excluding hydrogens is 240 g/mol. The fourth-order valence-electron chi connectivity index (χ4n) is 1.69. The molecule has 0 aliphatic heterocycles. The third kappa shape index (κ3) is 2.99. The van der Waals surface area contributed by atoms with Gasteiger partial charge in [0.2, 0.25) is 5.91 Å². The zero-order valence-electron chi connectivity index (χ0n) is 11.4. The standard InChI is InChI=1S/C14H18N4O/c1-4-9(2)14(19)16-12-8-6-5-7-11(12)13-15-10(3)17-18-13/h5-9H,4H2,1-3H3,(H,16,19)(H,15,17,18). The molecule has 0 spiro atoms. The van der Waals surface area contributed by atoms with E-state index in [0.717, 1.165) is 23.5 Å². The van der Waals surface area contributed by atoms with Crippen LogP contribution in [0.2, 0.25) is 0 Å². The summed E-state index contributed by atoms with van der Waals surface area (Å²) in [6, 6.07) is 7.55. The van der Waals surface area contributed by atoms with Crippen LogP contribution in [0, 0.1) is 12.8 Å². The van der Waals surface area contributed by atoms with Crippen molar-refractivity contribution >= 4 is 11.6 Å². The summed E-state index contributed by atoms with van der Waals surface area (Å²) >= 11 is 0. The number of benzene rings is 1. The monoisotopic (exact) mass is 258 g/mol. The third-order valence-electron chi connectivity index (χ3n) is 3.08. The number of anilines is 1. The minimum atomic E-state index is -0.0121. The highest BCUT2D eigenvalue weighted by molar-refractivity contribution is 5.95. The molecule has 1 unspecified atom stereocenters. The van der Waals surface area contributed by atoms with Gasteiger partial charge in [-0.15, -0.1) is 0 Å². The number of carbonyl (C=O) groups excluding carboxylic acids is 1. The number of aryl methyl sites for hydroxylation is 1. The second-order valence-electron chi connectivity index (χ2n) is 4.59. The van der Waals surface area contributed by atoms with Crippen molar-refractivity contribution in [2.24, 2.45) is 5.92 Å². The van der Waals surface area contributed by atoms with Gasteiger partial charge in [-0.3, -0.25) is 9.89 Å². The van der Waals surface area contributed by atoms with Gasteiger partial charge in [-0.25, -0.2) is 4.98 Å². The fourth-order valence-corrected chi connectivity index (χ4v) is 1.69. The van der Waals surface area contributed by atoms with E-state index < -0.39 is 0 Å². The molecule has 0 saturated heterocycles. The van der Waals surface area contributed by atoms with E-state index in [1.165, 1.54) is 0 Å². The number of amides is 1. The first-order valence-electron chi connectivity index (χ1n) is 6.41. The van der Waals surface area contributed by atoms with Crippen molar-refractivity contribution in [3.63, 3.8) is 0 Å². The molecule has 5 nitrogen and oxygen atoms in total. The minimum absolute atomic E-state index is 0.0121. The van der Waals surface area contributed by atoms with Crippen molar-refractivity contribution in [3.8, 4) is 11.4 Å². The molecule has 2 aromatic rings. The van der Waals surface area contributed by atoms with Crippen LogP contribution in [0.25, 0.3) is 11.4 Å². The molecule has 0 radical (unpaired) electrons. The number of carbonyl (C=O) groups is 1. The maximum absolute atomic E-state index is 12.0. The summed E-state index contributed by atoms with van der Waals surface area (Å²) in [6.45, 7) is 5.75. The Balaban J connectivity index is 2.29. The lowest BCUT2D eigenvalue weighted by Gasteiger charge is -2.12. The van der Waals surface area contributed by atoms with E-state index in [-0.39, 0.29) is 11.8 Å². The molecule has 1 amide bonds. The zero-order chi connectivity index (χ0) is 13.8. The Morgan fingerprint density at radius 3 is 2.79 bits per heavy atom. The molecule has 1 aromatic heterocycles. The van der Waals surface area contributed by atoms with Gasteiger partial charge in [0.1, 0.15) is 5.82 Å². The Bertz CT molecular complexity index is 576. The van der Waals surface area contributed by atoms with E-state index in [1.54, 1.807) is 0 Å². The maximum atomic E-state index is 12.0. The van der Waals surface area contributed by atoms with Crippen molar-refractivity contribution < 1.29 is 4.79 Å². The average molecular weight is 258 g/mol. The lowest BCUT2D eigenvalue weighted by Crippen LogP contribution is -2.20. The number of hydrogen-bond donors (Lipinski definition) is 2. The summed E-state index contributed by atoms with van der Waals surface area (Å²) in [5.41, 5.74) is 1.57. The number of hydrogen-bond acceptors (Lipinski definition) is 3. The van der Waals surface area contributed by atoms with E-state index in [0.29, 0.717) is 5.82 Å². The largest absolute Gasteiger partial charge is 0.325 e. The van der Waals surface area contributed by atoms with Gasteiger partial charge in [-0.1, -0.05) is 26.0 Å². The first-order chi connectivity index (χ1) is 9.11. The number of para-hydroxylation sites is 1. The third-order valence-corrected chi connectivity index (χ3v) is 3.08. The molecule has 19 heavy (non-hydrogen) atoms. The SMILES string of the molecule is CCC(C)C(=O)Nc1ccccc1-c1n[nH]c(C)n1.